The first kappa shape index (κ1) is 31.0. The molecule has 194 valence electrons. The Bertz CT molecular complexity index is 744. The van der Waals surface area contributed by atoms with Crippen molar-refractivity contribution in [2.45, 2.75) is 49.4 Å². The zero-order chi connectivity index (χ0) is 25.8. The Kier molecular flexibility index (Phi) is 10.2. The Labute approximate surface area is 173 Å². The van der Waals surface area contributed by atoms with Crippen LogP contribution in [0.15, 0.2) is 0 Å². The molecule has 0 amide bonds. The molecule has 0 radical (unpaired) electrons. The second kappa shape index (κ2) is 10.5. The summed E-state index contributed by atoms with van der Waals surface area (Å²) < 4.78 is 203. The third-order valence-electron chi connectivity index (χ3n) is 3.30. The molecule has 0 heterocycles. The van der Waals surface area contributed by atoms with Gasteiger partial charge in [0.15, 0.2) is 0 Å². The van der Waals surface area contributed by atoms with Gasteiger partial charge in [0, 0.05) is 0 Å². The summed E-state index contributed by atoms with van der Waals surface area (Å²) in [6.45, 7) is -2.22. The minimum atomic E-state index is -6.01. The quantitative estimate of drug-likeness (QED) is 0.178. The lowest BCUT2D eigenvalue weighted by molar-refractivity contribution is -0.253. The molecule has 0 atom stereocenters. The van der Waals surface area contributed by atoms with E-state index in [9.17, 15) is 69.5 Å². The Morgan fingerprint density at radius 3 is 1.03 bits per heavy atom. The van der Waals surface area contributed by atoms with Crippen LogP contribution in [0.4, 0.5) is 52.7 Å². The first-order chi connectivity index (χ1) is 14.0. The summed E-state index contributed by atoms with van der Waals surface area (Å²) in [5, 5.41) is 0. The average Bonchev–Trinajstić information content (AvgIpc) is 2.55. The third kappa shape index (κ3) is 8.40. The largest absolute Gasteiger partial charge is 0.370 e. The fourth-order valence-electron chi connectivity index (χ4n) is 1.61. The van der Waals surface area contributed by atoms with E-state index in [-0.39, 0.29) is 0 Å². The van der Waals surface area contributed by atoms with Crippen molar-refractivity contribution in [1.82, 2.24) is 0 Å². The van der Waals surface area contributed by atoms with Crippen LogP contribution in [0.2, 0.25) is 0 Å². The minimum Gasteiger partial charge on any atom is -0.270 e. The third-order valence-corrected chi connectivity index (χ3v) is 5.79. The number of hydrogen-bond acceptors (Lipinski definition) is 6. The highest BCUT2D eigenvalue weighted by atomic mass is 32.2. The molecule has 0 aromatic carbocycles. The van der Waals surface area contributed by atoms with Crippen LogP contribution >= 0.6 is 0 Å². The van der Waals surface area contributed by atoms with Gasteiger partial charge in [-0.1, -0.05) is 0 Å². The molecule has 0 bridgehead atoms. The molecule has 20 heteroatoms. The smallest absolute Gasteiger partial charge is 0.270 e. The zero-order valence-electron chi connectivity index (χ0n) is 15.2. The lowest BCUT2D eigenvalue weighted by Crippen LogP contribution is -2.50. The molecule has 0 saturated carbocycles. The Hall–Kier alpha value is -1.02. The fraction of sp³-hybridized carbons (Fsp3) is 1.00. The van der Waals surface area contributed by atoms with Crippen LogP contribution in [0.3, 0.4) is 0 Å². The monoisotopic (exact) mass is 546 g/mol. The van der Waals surface area contributed by atoms with Crippen molar-refractivity contribution in [2.24, 2.45) is 0 Å². The van der Waals surface area contributed by atoms with Crippen LogP contribution in [-0.4, -0.2) is 78.1 Å². The molecule has 0 fully saturated rings. The van der Waals surface area contributed by atoms with Gasteiger partial charge in [0.1, 0.15) is 11.5 Å². The topological polar surface area (TPSA) is 86.7 Å². The lowest BCUT2D eigenvalue weighted by Gasteiger charge is -2.25. The van der Waals surface area contributed by atoms with Crippen LogP contribution in [-0.2, 0) is 28.6 Å². The second-order valence-electron chi connectivity index (χ2n) is 6.01. The van der Waals surface area contributed by atoms with E-state index in [4.69, 9.17) is 0 Å². The first-order valence-corrected chi connectivity index (χ1v) is 11.0. The molecule has 0 saturated heterocycles. The number of halogens is 12. The van der Waals surface area contributed by atoms with Crippen LogP contribution in [0.25, 0.3) is 0 Å². The van der Waals surface area contributed by atoms with Crippen molar-refractivity contribution in [1.29, 1.82) is 0 Å². The highest BCUT2D eigenvalue weighted by molar-refractivity contribution is 7.87. The van der Waals surface area contributed by atoms with E-state index in [0.717, 1.165) is 0 Å². The summed E-state index contributed by atoms with van der Waals surface area (Å²) in [5.74, 6) is -29.1. The second-order valence-corrected chi connectivity index (χ2v) is 9.29. The van der Waals surface area contributed by atoms with Crippen molar-refractivity contribution >= 4 is 20.2 Å². The van der Waals surface area contributed by atoms with E-state index in [1.165, 1.54) is 0 Å². The van der Waals surface area contributed by atoms with Gasteiger partial charge >= 0.3 is 36.5 Å². The first-order valence-electron chi connectivity index (χ1n) is 7.82. The van der Waals surface area contributed by atoms with Crippen LogP contribution in [0.1, 0.15) is 12.8 Å². The van der Waals surface area contributed by atoms with Gasteiger partial charge in [0.25, 0.3) is 20.2 Å². The molecule has 0 aromatic rings. The van der Waals surface area contributed by atoms with E-state index < -0.39 is 94.3 Å². The minimum absolute atomic E-state index is 0.630. The van der Waals surface area contributed by atoms with E-state index in [1.54, 1.807) is 0 Å². The Morgan fingerprint density at radius 2 is 0.812 bits per heavy atom. The maximum absolute atomic E-state index is 13.0. The van der Waals surface area contributed by atoms with Gasteiger partial charge in [0.2, 0.25) is 0 Å². The summed E-state index contributed by atoms with van der Waals surface area (Å²) in [6.07, 6.45) is -11.1. The average molecular weight is 546 g/mol. The van der Waals surface area contributed by atoms with Crippen LogP contribution in [0.5, 0.6) is 0 Å². The molecule has 0 spiro atoms. The van der Waals surface area contributed by atoms with E-state index in [2.05, 4.69) is 8.37 Å². The SMILES string of the molecule is O=S(=O)(CC(F)(F)C(F)(F)C(F)F)OCCCCOS(=O)(=O)CC(F)(F)C(F)(F)C(F)F. The molecule has 0 N–H and O–H groups in total. The Balaban J connectivity index is 4.61. The van der Waals surface area contributed by atoms with Crippen molar-refractivity contribution in [2.75, 3.05) is 24.7 Å². The lowest BCUT2D eigenvalue weighted by atomic mass is 10.2. The summed E-state index contributed by atoms with van der Waals surface area (Å²) in [6, 6.07) is 0. The zero-order valence-corrected chi connectivity index (χ0v) is 16.8. The van der Waals surface area contributed by atoms with Crippen LogP contribution in [0, 0.1) is 0 Å². The molecule has 0 aliphatic heterocycles. The van der Waals surface area contributed by atoms with Gasteiger partial charge in [-0.15, -0.1) is 0 Å². The molecule has 6 nitrogen and oxygen atoms in total. The molecule has 0 aromatic heterocycles. The highest BCUT2D eigenvalue weighted by Gasteiger charge is 2.65. The maximum Gasteiger partial charge on any atom is 0.370 e. The molecule has 0 rings (SSSR count). The van der Waals surface area contributed by atoms with Gasteiger partial charge in [-0.05, 0) is 12.8 Å². The van der Waals surface area contributed by atoms with E-state index in [0.29, 0.717) is 0 Å². The molecule has 0 aliphatic carbocycles. The standard InChI is InChI=1S/C12H14F12O6S2/c13-7(14)11(21,22)9(17,18)5-31(25,26)29-3-1-2-4-30-32(27,28)6-10(19,20)12(23,24)8(15)16/h7-8H,1-6H2. The van der Waals surface area contributed by atoms with Crippen molar-refractivity contribution in [3.8, 4) is 0 Å². The van der Waals surface area contributed by atoms with E-state index >= 15 is 0 Å². The molecule has 0 aliphatic rings. The predicted octanol–water partition coefficient (Wildman–Crippen LogP) is 3.53. The normalized spacial score (nSPS) is 15.1. The predicted molar refractivity (Wildman–Crippen MR) is 80.5 cm³/mol. The van der Waals surface area contributed by atoms with Crippen LogP contribution < -0.4 is 0 Å². The summed E-state index contributed by atoms with van der Waals surface area (Å²) in [7, 11) is -11.0. The maximum atomic E-state index is 13.0. The van der Waals surface area contributed by atoms with Gasteiger partial charge in [-0.3, -0.25) is 8.37 Å². The number of alkyl halides is 12. The number of rotatable bonds is 15. The van der Waals surface area contributed by atoms with Crippen molar-refractivity contribution in [3.63, 3.8) is 0 Å². The molecular weight excluding hydrogens is 532 g/mol. The molecular formula is C12H14F12O6S2. The van der Waals surface area contributed by atoms with Gasteiger partial charge in [-0.25, -0.2) is 17.6 Å². The summed E-state index contributed by atoms with van der Waals surface area (Å²) in [4.78, 5) is 0. The Morgan fingerprint density at radius 1 is 0.562 bits per heavy atom. The fourth-order valence-corrected chi connectivity index (χ4v) is 3.80. The number of hydrogen-bond donors (Lipinski definition) is 0. The van der Waals surface area contributed by atoms with Crippen molar-refractivity contribution < 1.29 is 77.9 Å². The summed E-state index contributed by atoms with van der Waals surface area (Å²) in [5.41, 5.74) is 0. The van der Waals surface area contributed by atoms with Gasteiger partial charge in [0.05, 0.1) is 13.2 Å². The molecule has 0 unspecified atom stereocenters. The highest BCUT2D eigenvalue weighted by Crippen LogP contribution is 2.41. The molecule has 32 heavy (non-hydrogen) atoms. The number of unbranched alkanes of at least 4 members (excludes halogenated alkanes) is 1. The van der Waals surface area contributed by atoms with Gasteiger partial charge < -0.3 is 0 Å². The van der Waals surface area contributed by atoms with E-state index in [1.807, 2.05) is 0 Å². The van der Waals surface area contributed by atoms with Crippen molar-refractivity contribution in [3.05, 3.63) is 0 Å². The van der Waals surface area contributed by atoms with Gasteiger partial charge in [-0.2, -0.15) is 52.0 Å². The summed E-state index contributed by atoms with van der Waals surface area (Å²) >= 11 is 0.